The molecule has 0 bridgehead atoms. The minimum atomic E-state index is -0.105. The average Bonchev–Trinajstić information content (AvgIpc) is 3.20. The third-order valence-corrected chi connectivity index (χ3v) is 3.91. The molecule has 6 heteroatoms. The molecule has 0 radical (unpaired) electrons. The van der Waals surface area contributed by atoms with Gasteiger partial charge in [-0.3, -0.25) is 4.79 Å². The predicted octanol–water partition coefficient (Wildman–Crippen LogP) is 3.63. The second-order valence-corrected chi connectivity index (χ2v) is 5.53. The molecular weight excluding hydrogens is 318 g/mol. The fraction of sp³-hybridized carbons (Fsp3) is 0.105. The molecule has 2 aromatic heterocycles. The van der Waals surface area contributed by atoms with Gasteiger partial charge in [0.25, 0.3) is 0 Å². The lowest BCUT2D eigenvalue weighted by Crippen LogP contribution is -1.93. The lowest BCUT2D eigenvalue weighted by Gasteiger charge is -2.04. The largest absolute Gasteiger partial charge is 0.494 e. The number of ketones is 1. The maximum atomic E-state index is 12.3. The first kappa shape index (κ1) is 15.1. The first-order valence-corrected chi connectivity index (χ1v) is 7.80. The van der Waals surface area contributed by atoms with Crippen molar-refractivity contribution in [3.8, 4) is 5.75 Å². The molecule has 1 saturated heterocycles. The van der Waals surface area contributed by atoms with Crippen molar-refractivity contribution in [3.63, 3.8) is 0 Å². The fourth-order valence-corrected chi connectivity index (χ4v) is 2.71. The zero-order valence-electron chi connectivity index (χ0n) is 13.5. The number of rotatable bonds is 3. The van der Waals surface area contributed by atoms with Crippen LogP contribution < -0.4 is 4.74 Å². The molecule has 3 aromatic rings. The van der Waals surface area contributed by atoms with E-state index < -0.39 is 0 Å². The molecule has 0 amide bonds. The van der Waals surface area contributed by atoms with Gasteiger partial charge in [0.15, 0.2) is 5.76 Å². The van der Waals surface area contributed by atoms with Gasteiger partial charge in [-0.05, 0) is 30.3 Å². The van der Waals surface area contributed by atoms with E-state index in [0.717, 1.165) is 16.6 Å². The zero-order chi connectivity index (χ0) is 17.2. The maximum absolute atomic E-state index is 12.3. The zero-order valence-corrected chi connectivity index (χ0v) is 13.5. The number of ether oxygens (including phenoxy) is 2. The van der Waals surface area contributed by atoms with Crippen molar-refractivity contribution in [1.82, 2.24) is 9.97 Å². The highest BCUT2D eigenvalue weighted by Crippen LogP contribution is 2.29. The van der Waals surface area contributed by atoms with Gasteiger partial charge in [0, 0.05) is 23.3 Å². The number of carbonyl (C=O) groups excluding carboxylic acids is 1. The number of pyridine rings is 1. The van der Waals surface area contributed by atoms with Crippen LogP contribution in [0.25, 0.3) is 17.1 Å². The summed E-state index contributed by atoms with van der Waals surface area (Å²) in [5.41, 5.74) is 2.25. The van der Waals surface area contributed by atoms with Crippen molar-refractivity contribution in [2.75, 3.05) is 7.11 Å². The van der Waals surface area contributed by atoms with Crippen LogP contribution in [0, 0.1) is 0 Å². The molecule has 124 valence electrons. The van der Waals surface area contributed by atoms with Crippen molar-refractivity contribution >= 4 is 34.5 Å². The van der Waals surface area contributed by atoms with E-state index in [2.05, 4.69) is 15.0 Å². The Labute approximate surface area is 143 Å². The van der Waals surface area contributed by atoms with E-state index in [4.69, 9.17) is 9.47 Å². The molecule has 0 saturated carbocycles. The number of carbonyl (C=O) groups is 1. The van der Waals surface area contributed by atoms with Crippen LogP contribution in [-0.4, -0.2) is 28.8 Å². The van der Waals surface area contributed by atoms with Crippen molar-refractivity contribution in [2.45, 2.75) is 6.42 Å². The van der Waals surface area contributed by atoms with Crippen LogP contribution in [0.3, 0.4) is 0 Å². The molecule has 3 heterocycles. The van der Waals surface area contributed by atoms with Crippen LogP contribution in [0.2, 0.25) is 0 Å². The lowest BCUT2D eigenvalue weighted by atomic mass is 10.1. The summed E-state index contributed by atoms with van der Waals surface area (Å²) in [6.45, 7) is 0. The molecule has 0 spiro atoms. The van der Waals surface area contributed by atoms with Crippen molar-refractivity contribution in [3.05, 3.63) is 60.1 Å². The lowest BCUT2D eigenvalue weighted by molar-refractivity contribution is -0.114. The molecule has 1 N–H and O–H groups in total. The SMILES string of the molecule is COc1ccccc1N=C1CC(=O)/C(=C/c2c[nH]c3ncccc23)O1. The molecular formula is C19H15N3O3. The Morgan fingerprint density at radius 2 is 2.16 bits per heavy atom. The average molecular weight is 333 g/mol. The van der Waals surface area contributed by atoms with Crippen LogP contribution in [0.15, 0.2) is 59.5 Å². The minimum Gasteiger partial charge on any atom is -0.494 e. The van der Waals surface area contributed by atoms with E-state index >= 15 is 0 Å². The molecule has 0 unspecified atom stereocenters. The number of hydrogen-bond acceptors (Lipinski definition) is 5. The summed E-state index contributed by atoms with van der Waals surface area (Å²) in [7, 11) is 1.58. The number of H-pyrrole nitrogens is 1. The Balaban J connectivity index is 1.65. The van der Waals surface area contributed by atoms with Gasteiger partial charge in [0.05, 0.1) is 13.5 Å². The molecule has 25 heavy (non-hydrogen) atoms. The summed E-state index contributed by atoms with van der Waals surface area (Å²) >= 11 is 0. The third kappa shape index (κ3) is 2.89. The number of benzene rings is 1. The normalized spacial score (nSPS) is 17.4. The first-order valence-electron chi connectivity index (χ1n) is 7.80. The Hall–Kier alpha value is -3.41. The summed E-state index contributed by atoms with van der Waals surface area (Å²) in [6.07, 6.45) is 5.36. The highest BCUT2D eigenvalue weighted by Gasteiger charge is 2.26. The molecule has 0 aliphatic carbocycles. The Morgan fingerprint density at radius 1 is 1.28 bits per heavy atom. The molecule has 6 nitrogen and oxygen atoms in total. The monoisotopic (exact) mass is 333 g/mol. The van der Waals surface area contributed by atoms with E-state index in [9.17, 15) is 4.79 Å². The Morgan fingerprint density at radius 3 is 3.04 bits per heavy atom. The van der Waals surface area contributed by atoms with Gasteiger partial charge < -0.3 is 14.5 Å². The standard InChI is InChI=1S/C19H15N3O3/c1-24-16-7-3-2-6-14(16)22-18-10-15(23)17(25-18)9-12-11-21-19-13(12)5-4-8-20-19/h2-9,11H,10H2,1H3,(H,20,21)/b17-9-,22-18?. The van der Waals surface area contributed by atoms with Crippen LogP contribution in [-0.2, 0) is 9.53 Å². The second kappa shape index (κ2) is 6.24. The van der Waals surface area contributed by atoms with Crippen LogP contribution in [0.4, 0.5) is 5.69 Å². The molecule has 1 aromatic carbocycles. The molecule has 1 aliphatic rings. The predicted molar refractivity (Wildman–Crippen MR) is 94.9 cm³/mol. The van der Waals surface area contributed by atoms with E-state index in [1.807, 2.05) is 36.4 Å². The van der Waals surface area contributed by atoms with Gasteiger partial charge in [-0.25, -0.2) is 9.98 Å². The highest BCUT2D eigenvalue weighted by atomic mass is 16.5. The van der Waals surface area contributed by atoms with Crippen molar-refractivity contribution in [2.24, 2.45) is 4.99 Å². The number of para-hydroxylation sites is 2. The minimum absolute atomic E-state index is 0.105. The van der Waals surface area contributed by atoms with Gasteiger partial charge in [0.1, 0.15) is 17.1 Å². The third-order valence-electron chi connectivity index (χ3n) is 3.91. The second-order valence-electron chi connectivity index (χ2n) is 5.53. The van der Waals surface area contributed by atoms with Gasteiger partial charge in [-0.15, -0.1) is 0 Å². The van der Waals surface area contributed by atoms with Gasteiger partial charge in [-0.1, -0.05) is 12.1 Å². The quantitative estimate of drug-likeness (QED) is 0.743. The maximum Gasteiger partial charge on any atom is 0.207 e. The molecule has 1 aliphatic heterocycles. The molecule has 0 atom stereocenters. The fourth-order valence-electron chi connectivity index (χ4n) is 2.71. The Kier molecular flexibility index (Phi) is 3.78. The number of fused-ring (bicyclic) bond motifs is 1. The topological polar surface area (TPSA) is 76.6 Å². The van der Waals surface area contributed by atoms with Crippen LogP contribution >= 0.6 is 0 Å². The summed E-state index contributed by atoms with van der Waals surface area (Å²) in [5.74, 6) is 1.16. The van der Waals surface area contributed by atoms with Gasteiger partial charge >= 0.3 is 0 Å². The van der Waals surface area contributed by atoms with E-state index in [-0.39, 0.29) is 18.0 Å². The van der Waals surface area contributed by atoms with Crippen molar-refractivity contribution < 1.29 is 14.3 Å². The van der Waals surface area contributed by atoms with E-state index in [0.29, 0.717) is 17.3 Å². The summed E-state index contributed by atoms with van der Waals surface area (Å²) in [6, 6.07) is 11.1. The number of aliphatic imine (C=N–C) groups is 1. The smallest absolute Gasteiger partial charge is 0.207 e. The Bertz CT molecular complexity index is 1020. The summed E-state index contributed by atoms with van der Waals surface area (Å²) in [5, 5.41) is 0.932. The van der Waals surface area contributed by atoms with E-state index in [1.165, 1.54) is 0 Å². The summed E-state index contributed by atoms with van der Waals surface area (Å²) in [4.78, 5) is 24.0. The number of Topliss-reactive ketones (excluding diaryl/α,β-unsaturated/α-hetero) is 1. The number of allylic oxidation sites excluding steroid dienone is 1. The number of nitrogens with zero attached hydrogens (tertiary/aromatic N) is 2. The number of nitrogens with one attached hydrogen (secondary N) is 1. The van der Waals surface area contributed by atoms with E-state index in [1.54, 1.807) is 25.6 Å². The molecule has 4 rings (SSSR count). The van der Waals surface area contributed by atoms with Gasteiger partial charge in [-0.2, -0.15) is 0 Å². The van der Waals surface area contributed by atoms with Crippen LogP contribution in [0.5, 0.6) is 5.75 Å². The summed E-state index contributed by atoms with van der Waals surface area (Å²) < 4.78 is 10.9. The number of aromatic nitrogens is 2. The van der Waals surface area contributed by atoms with Crippen molar-refractivity contribution in [1.29, 1.82) is 0 Å². The number of methoxy groups -OCH3 is 1. The first-order chi connectivity index (χ1) is 12.2. The van der Waals surface area contributed by atoms with Crippen LogP contribution in [0.1, 0.15) is 12.0 Å². The van der Waals surface area contributed by atoms with Gasteiger partial charge in [0.2, 0.25) is 11.7 Å². The number of aromatic amines is 1. The number of hydrogen-bond donors (Lipinski definition) is 1. The molecule has 1 fully saturated rings. The highest BCUT2D eigenvalue weighted by molar-refractivity contribution is 6.15.